The smallest absolute Gasteiger partial charge is 0.399 e. The molecule has 12 heteroatoms. The average Bonchev–Trinajstić information content (AvgIpc) is 3.16. The Bertz CT molecular complexity index is 2180. The molecule has 0 saturated carbocycles. The summed E-state index contributed by atoms with van der Waals surface area (Å²) < 4.78 is 93.2. The fourth-order valence-electron chi connectivity index (χ4n) is 6.09. The van der Waals surface area contributed by atoms with Crippen LogP contribution in [-0.4, -0.2) is 12.7 Å². The first-order valence-electron chi connectivity index (χ1n) is 16.8. The predicted octanol–water partition coefficient (Wildman–Crippen LogP) is 8.04. The number of ether oxygens (including phenoxy) is 2. The average molecular weight is 739 g/mol. The van der Waals surface area contributed by atoms with Gasteiger partial charge in [0.2, 0.25) is 11.5 Å². The van der Waals surface area contributed by atoms with Gasteiger partial charge in [0.1, 0.15) is 0 Å². The number of pyridine rings is 4. The van der Waals surface area contributed by atoms with Gasteiger partial charge in [0, 0.05) is 71.8 Å². The van der Waals surface area contributed by atoms with Crippen molar-refractivity contribution in [1.82, 2.24) is 0 Å². The van der Waals surface area contributed by atoms with Crippen molar-refractivity contribution in [3.05, 3.63) is 182 Å². The van der Waals surface area contributed by atoms with Crippen LogP contribution in [0.15, 0.2) is 171 Å². The molecule has 0 aliphatic heterocycles. The van der Waals surface area contributed by atoms with Gasteiger partial charge in [0.05, 0.1) is 0 Å². The molecular formula is C42H32F6N4O2+4. The van der Waals surface area contributed by atoms with Gasteiger partial charge in [0.25, 0.3) is 11.4 Å². The van der Waals surface area contributed by atoms with E-state index in [0.29, 0.717) is 13.1 Å². The minimum absolute atomic E-state index is 0.274. The van der Waals surface area contributed by atoms with Gasteiger partial charge in [0.15, 0.2) is 62.7 Å². The summed E-state index contributed by atoms with van der Waals surface area (Å²) in [5, 5.41) is 0. The Balaban J connectivity index is 1.00. The molecule has 7 aromatic rings. The van der Waals surface area contributed by atoms with Crippen molar-refractivity contribution in [3.63, 3.8) is 0 Å². The summed E-state index contributed by atoms with van der Waals surface area (Å²) >= 11 is 0. The molecule has 0 aliphatic carbocycles. The number of rotatable bonds is 10. The number of hydrogen-bond donors (Lipinski definition) is 0. The van der Waals surface area contributed by atoms with Crippen molar-refractivity contribution in [3.8, 4) is 45.1 Å². The van der Waals surface area contributed by atoms with Gasteiger partial charge in [-0.05, 0) is 34.4 Å². The van der Waals surface area contributed by atoms with Gasteiger partial charge in [-0.25, -0.2) is 9.13 Å². The lowest BCUT2D eigenvalue weighted by Crippen LogP contribution is -2.36. The summed E-state index contributed by atoms with van der Waals surface area (Å²) in [5.74, 6) is -0.568. The first-order chi connectivity index (χ1) is 26.0. The monoisotopic (exact) mass is 738 g/mol. The van der Waals surface area contributed by atoms with E-state index in [1.807, 2.05) is 85.5 Å². The minimum atomic E-state index is -4.79. The van der Waals surface area contributed by atoms with E-state index in [9.17, 15) is 26.3 Å². The van der Waals surface area contributed by atoms with Crippen molar-refractivity contribution in [2.75, 3.05) is 0 Å². The fourth-order valence-corrected chi connectivity index (χ4v) is 6.09. The number of nitrogens with zero attached hydrogens (tertiary/aromatic N) is 4. The highest BCUT2D eigenvalue weighted by atomic mass is 19.4. The summed E-state index contributed by atoms with van der Waals surface area (Å²) in [7, 11) is 0. The van der Waals surface area contributed by atoms with E-state index < -0.39 is 12.7 Å². The summed E-state index contributed by atoms with van der Waals surface area (Å²) in [4.78, 5) is 0. The van der Waals surface area contributed by atoms with E-state index in [0.717, 1.165) is 33.4 Å². The molecule has 0 atom stereocenters. The second-order valence-corrected chi connectivity index (χ2v) is 12.3. The quantitative estimate of drug-likeness (QED) is 0.105. The standard InChI is InChI=1S/C42H32F6N4O2/c43-41(44,45)53-39-11-5-3-9-37(39)51-25-17-33(18-26-51)31-13-21-49(22-14-31)29-35-7-1-2-8-36(35)30-50-23-15-32(16-24-50)34-19-27-52(28-20-34)38-10-4-6-12-40(38)54-42(46,47)48/h1-28H,29-30H2/q+4. The maximum absolute atomic E-state index is 12.9. The van der Waals surface area contributed by atoms with Crippen LogP contribution in [0.1, 0.15) is 11.1 Å². The Kier molecular flexibility index (Phi) is 10.1. The molecule has 3 aromatic carbocycles. The third kappa shape index (κ3) is 8.90. The highest BCUT2D eigenvalue weighted by Gasteiger charge is 2.34. The number of halogens is 6. The molecule has 0 aliphatic rings. The lowest BCUT2D eigenvalue weighted by Gasteiger charge is -2.10. The summed E-state index contributed by atoms with van der Waals surface area (Å²) in [5.41, 5.74) is 6.56. The summed E-state index contributed by atoms with van der Waals surface area (Å²) in [6.07, 6.45) is 5.19. The second kappa shape index (κ2) is 15.2. The first kappa shape index (κ1) is 35.8. The largest absolute Gasteiger partial charge is 0.573 e. The molecule has 0 N–H and O–H groups in total. The highest BCUT2D eigenvalue weighted by molar-refractivity contribution is 5.62. The van der Waals surface area contributed by atoms with E-state index in [1.165, 1.54) is 24.3 Å². The van der Waals surface area contributed by atoms with Crippen LogP contribution >= 0.6 is 0 Å². The van der Waals surface area contributed by atoms with E-state index >= 15 is 0 Å². The van der Waals surface area contributed by atoms with E-state index in [1.54, 1.807) is 58.2 Å². The Labute approximate surface area is 306 Å². The van der Waals surface area contributed by atoms with Crippen LogP contribution in [-0.2, 0) is 13.1 Å². The molecule has 0 unspecified atom stereocenters. The van der Waals surface area contributed by atoms with Gasteiger partial charge in [-0.3, -0.25) is 0 Å². The topological polar surface area (TPSA) is 34.0 Å². The molecule has 0 spiro atoms. The van der Waals surface area contributed by atoms with Gasteiger partial charge < -0.3 is 9.47 Å². The number of benzene rings is 3. The van der Waals surface area contributed by atoms with Crippen LogP contribution in [0.25, 0.3) is 33.6 Å². The molecule has 270 valence electrons. The molecule has 54 heavy (non-hydrogen) atoms. The van der Waals surface area contributed by atoms with Crippen molar-refractivity contribution in [2.24, 2.45) is 0 Å². The number of aromatic nitrogens is 4. The Morgan fingerprint density at radius 2 is 0.667 bits per heavy atom. The number of alkyl halides is 6. The Morgan fingerprint density at radius 1 is 0.370 bits per heavy atom. The van der Waals surface area contributed by atoms with E-state index in [4.69, 9.17) is 0 Å². The van der Waals surface area contributed by atoms with E-state index in [-0.39, 0.29) is 22.9 Å². The van der Waals surface area contributed by atoms with Crippen LogP contribution in [0.4, 0.5) is 26.3 Å². The van der Waals surface area contributed by atoms with Crippen molar-refractivity contribution >= 4 is 0 Å². The molecular weight excluding hydrogens is 706 g/mol. The zero-order valence-electron chi connectivity index (χ0n) is 28.5. The number of para-hydroxylation sites is 4. The molecule has 7 rings (SSSR count). The zero-order valence-corrected chi connectivity index (χ0v) is 28.5. The third-order valence-corrected chi connectivity index (χ3v) is 8.67. The van der Waals surface area contributed by atoms with Gasteiger partial charge >= 0.3 is 12.7 Å². The number of hydrogen-bond acceptors (Lipinski definition) is 2. The molecule has 0 radical (unpaired) electrons. The van der Waals surface area contributed by atoms with Crippen LogP contribution in [0.5, 0.6) is 11.5 Å². The maximum atomic E-state index is 12.9. The van der Waals surface area contributed by atoms with Crippen LogP contribution < -0.4 is 27.7 Å². The van der Waals surface area contributed by atoms with Crippen LogP contribution in [0, 0.1) is 0 Å². The minimum Gasteiger partial charge on any atom is -0.399 e. The summed E-state index contributed by atoms with van der Waals surface area (Å²) in [6, 6.07) is 35.5. The molecule has 0 fully saturated rings. The van der Waals surface area contributed by atoms with E-state index in [2.05, 4.69) is 30.7 Å². The van der Waals surface area contributed by atoms with Crippen LogP contribution in [0.2, 0.25) is 0 Å². The molecule has 0 bridgehead atoms. The molecule has 4 heterocycles. The van der Waals surface area contributed by atoms with Gasteiger partial charge in [-0.15, -0.1) is 26.3 Å². The lowest BCUT2D eigenvalue weighted by atomic mass is 10.1. The van der Waals surface area contributed by atoms with Crippen molar-refractivity contribution in [2.45, 2.75) is 25.8 Å². The van der Waals surface area contributed by atoms with Crippen molar-refractivity contribution in [1.29, 1.82) is 0 Å². The normalized spacial score (nSPS) is 11.7. The van der Waals surface area contributed by atoms with Gasteiger partial charge in [-0.2, -0.15) is 9.13 Å². The predicted molar refractivity (Wildman–Crippen MR) is 185 cm³/mol. The highest BCUT2D eigenvalue weighted by Crippen LogP contribution is 2.28. The fraction of sp³-hybridized carbons (Fsp3) is 0.0952. The molecule has 6 nitrogen and oxygen atoms in total. The van der Waals surface area contributed by atoms with Gasteiger partial charge in [-0.1, -0.05) is 48.5 Å². The molecule has 4 aromatic heterocycles. The second-order valence-electron chi connectivity index (χ2n) is 12.3. The third-order valence-electron chi connectivity index (χ3n) is 8.67. The maximum Gasteiger partial charge on any atom is 0.573 e. The Morgan fingerprint density at radius 3 is 1.00 bits per heavy atom. The van der Waals surface area contributed by atoms with Crippen LogP contribution in [0.3, 0.4) is 0 Å². The zero-order chi connectivity index (χ0) is 37.7. The summed E-state index contributed by atoms with van der Waals surface area (Å²) in [6.45, 7) is 1.28. The molecule has 0 saturated heterocycles. The van der Waals surface area contributed by atoms with Crippen molar-refractivity contribution < 1.29 is 54.1 Å². The SMILES string of the molecule is FC(F)(F)Oc1ccccc1-[n+]1ccc(-c2cc[n+](Cc3ccccc3C[n+]3ccc(-c4cc[n+](-c5ccccc5OC(F)(F)F)cc4)cc3)cc2)cc1. The molecule has 0 amide bonds. The Hall–Kier alpha value is -6.56. The first-order valence-corrected chi connectivity index (χ1v) is 16.8. The lowest BCUT2D eigenvalue weighted by molar-refractivity contribution is -0.693.